The molecular weight excluding hydrogens is 296 g/mol. The third-order valence-corrected chi connectivity index (χ3v) is 3.13. The fourth-order valence-electron chi connectivity index (χ4n) is 1.94. The van der Waals surface area contributed by atoms with Crippen LogP contribution in [0.2, 0.25) is 0 Å². The van der Waals surface area contributed by atoms with Crippen molar-refractivity contribution in [3.05, 3.63) is 53.8 Å². The van der Waals surface area contributed by atoms with Crippen molar-refractivity contribution in [1.29, 1.82) is 0 Å². The van der Waals surface area contributed by atoms with Gasteiger partial charge >= 0.3 is 11.9 Å². The SMILES string of the molecule is CCCCOC(=O)c1cccc(-c2ccc(/C=C/C(=O)O)o2)c1. The molecule has 2 rings (SSSR count). The number of carboxylic acid groups (broad SMARTS) is 1. The van der Waals surface area contributed by atoms with Crippen LogP contribution in [0.3, 0.4) is 0 Å². The van der Waals surface area contributed by atoms with Crippen molar-refractivity contribution < 1.29 is 23.8 Å². The smallest absolute Gasteiger partial charge is 0.338 e. The molecule has 0 aliphatic rings. The van der Waals surface area contributed by atoms with E-state index in [0.29, 0.717) is 23.7 Å². The monoisotopic (exact) mass is 314 g/mol. The third-order valence-electron chi connectivity index (χ3n) is 3.13. The Morgan fingerprint density at radius 2 is 2.09 bits per heavy atom. The third kappa shape index (κ3) is 4.85. The molecule has 0 atom stereocenters. The average Bonchev–Trinajstić information content (AvgIpc) is 3.02. The zero-order chi connectivity index (χ0) is 16.7. The maximum Gasteiger partial charge on any atom is 0.338 e. The molecule has 0 unspecified atom stereocenters. The van der Waals surface area contributed by atoms with Gasteiger partial charge in [-0.3, -0.25) is 0 Å². The molecule has 1 heterocycles. The molecule has 0 bridgehead atoms. The van der Waals surface area contributed by atoms with Gasteiger partial charge in [-0.15, -0.1) is 0 Å². The molecule has 2 aromatic rings. The highest BCUT2D eigenvalue weighted by atomic mass is 16.5. The topological polar surface area (TPSA) is 76.7 Å². The maximum atomic E-state index is 12.0. The number of esters is 1. The maximum absolute atomic E-state index is 12.0. The van der Waals surface area contributed by atoms with Crippen LogP contribution in [0.15, 0.2) is 46.9 Å². The van der Waals surface area contributed by atoms with Gasteiger partial charge in [0.25, 0.3) is 0 Å². The van der Waals surface area contributed by atoms with Gasteiger partial charge in [0.05, 0.1) is 12.2 Å². The molecule has 0 aliphatic heterocycles. The number of ether oxygens (including phenoxy) is 1. The highest BCUT2D eigenvalue weighted by Gasteiger charge is 2.10. The molecule has 0 aliphatic carbocycles. The van der Waals surface area contributed by atoms with Crippen LogP contribution >= 0.6 is 0 Å². The van der Waals surface area contributed by atoms with Gasteiger partial charge < -0.3 is 14.3 Å². The number of carboxylic acids is 1. The molecule has 0 saturated heterocycles. The molecule has 5 nitrogen and oxygen atoms in total. The average molecular weight is 314 g/mol. The van der Waals surface area contributed by atoms with Gasteiger partial charge in [-0.1, -0.05) is 25.5 Å². The second kappa shape index (κ2) is 7.98. The Balaban J connectivity index is 2.13. The molecule has 0 saturated carbocycles. The molecule has 1 aromatic heterocycles. The molecule has 5 heteroatoms. The Morgan fingerprint density at radius 1 is 1.26 bits per heavy atom. The lowest BCUT2D eigenvalue weighted by Crippen LogP contribution is -2.06. The quantitative estimate of drug-likeness (QED) is 0.475. The van der Waals surface area contributed by atoms with E-state index in [9.17, 15) is 9.59 Å². The fraction of sp³-hybridized carbons (Fsp3) is 0.222. The summed E-state index contributed by atoms with van der Waals surface area (Å²) in [6, 6.07) is 10.3. The van der Waals surface area contributed by atoms with Crippen molar-refractivity contribution >= 4 is 18.0 Å². The number of hydrogen-bond donors (Lipinski definition) is 1. The van der Waals surface area contributed by atoms with Crippen molar-refractivity contribution in [2.24, 2.45) is 0 Å². The molecule has 1 aromatic carbocycles. The summed E-state index contributed by atoms with van der Waals surface area (Å²) in [5, 5.41) is 8.60. The van der Waals surface area contributed by atoms with Gasteiger partial charge in [-0.25, -0.2) is 9.59 Å². The van der Waals surface area contributed by atoms with Crippen LogP contribution in [0, 0.1) is 0 Å². The minimum absolute atomic E-state index is 0.363. The summed E-state index contributed by atoms with van der Waals surface area (Å²) in [6.45, 7) is 2.44. The van der Waals surface area contributed by atoms with Gasteiger partial charge in [0.1, 0.15) is 11.5 Å². The van der Waals surface area contributed by atoms with E-state index in [-0.39, 0.29) is 5.97 Å². The van der Waals surface area contributed by atoms with E-state index in [4.69, 9.17) is 14.3 Å². The summed E-state index contributed by atoms with van der Waals surface area (Å²) in [5.41, 5.74) is 1.18. The number of rotatable bonds is 7. The van der Waals surface area contributed by atoms with E-state index in [0.717, 1.165) is 24.5 Å². The molecule has 0 amide bonds. The van der Waals surface area contributed by atoms with Crippen LogP contribution < -0.4 is 0 Å². The van der Waals surface area contributed by atoms with Crippen LogP contribution in [0.1, 0.15) is 35.9 Å². The largest absolute Gasteiger partial charge is 0.478 e. The van der Waals surface area contributed by atoms with Crippen molar-refractivity contribution in [2.75, 3.05) is 6.61 Å². The molecule has 120 valence electrons. The summed E-state index contributed by atoms with van der Waals surface area (Å²) in [5.74, 6) is -0.422. The van der Waals surface area contributed by atoms with Crippen molar-refractivity contribution in [1.82, 2.24) is 0 Å². The molecule has 1 N–H and O–H groups in total. The van der Waals surface area contributed by atoms with E-state index in [2.05, 4.69) is 0 Å². The van der Waals surface area contributed by atoms with E-state index in [1.165, 1.54) is 6.08 Å². The second-order valence-electron chi connectivity index (χ2n) is 4.94. The zero-order valence-electron chi connectivity index (χ0n) is 12.8. The fourth-order valence-corrected chi connectivity index (χ4v) is 1.94. The van der Waals surface area contributed by atoms with Crippen molar-refractivity contribution in [3.63, 3.8) is 0 Å². The van der Waals surface area contributed by atoms with Crippen LogP contribution in [0.4, 0.5) is 0 Å². The first-order valence-electron chi connectivity index (χ1n) is 7.38. The van der Waals surface area contributed by atoms with Gasteiger partial charge in [0, 0.05) is 11.6 Å². The number of aliphatic carboxylic acids is 1. The highest BCUT2D eigenvalue weighted by Crippen LogP contribution is 2.24. The molecule has 0 radical (unpaired) electrons. The number of carbonyl (C=O) groups is 2. The normalized spacial score (nSPS) is 10.8. The van der Waals surface area contributed by atoms with E-state index < -0.39 is 5.97 Å². The summed E-state index contributed by atoms with van der Waals surface area (Å²) < 4.78 is 10.7. The van der Waals surface area contributed by atoms with Gasteiger partial charge in [0.15, 0.2) is 0 Å². The van der Waals surface area contributed by atoms with Crippen LogP contribution in [-0.4, -0.2) is 23.7 Å². The lowest BCUT2D eigenvalue weighted by Gasteiger charge is -2.05. The number of hydrogen-bond acceptors (Lipinski definition) is 4. The summed E-state index contributed by atoms with van der Waals surface area (Å²) >= 11 is 0. The summed E-state index contributed by atoms with van der Waals surface area (Å²) in [4.78, 5) is 22.5. The first-order chi connectivity index (χ1) is 11.1. The second-order valence-corrected chi connectivity index (χ2v) is 4.94. The van der Waals surface area contributed by atoms with Crippen LogP contribution in [0.5, 0.6) is 0 Å². The molecular formula is C18H18O5. The van der Waals surface area contributed by atoms with Crippen molar-refractivity contribution in [3.8, 4) is 11.3 Å². The van der Waals surface area contributed by atoms with Crippen molar-refractivity contribution in [2.45, 2.75) is 19.8 Å². The Hall–Kier alpha value is -2.82. The number of carbonyl (C=O) groups excluding carboxylic acids is 1. The zero-order valence-corrected chi connectivity index (χ0v) is 12.8. The standard InChI is InChI=1S/C18H18O5/c1-2-3-11-22-18(21)14-6-4-5-13(12-14)16-9-7-15(23-16)8-10-17(19)20/h4-10,12H,2-3,11H2,1H3,(H,19,20)/b10-8+. The van der Waals surface area contributed by atoms with Crippen LogP contribution in [0.25, 0.3) is 17.4 Å². The Bertz CT molecular complexity index is 712. The van der Waals surface area contributed by atoms with Gasteiger partial charge in [-0.05, 0) is 36.8 Å². The van der Waals surface area contributed by atoms with E-state index >= 15 is 0 Å². The Labute approximate surface area is 134 Å². The Morgan fingerprint density at radius 3 is 2.83 bits per heavy atom. The van der Waals surface area contributed by atoms with E-state index in [1.54, 1.807) is 30.3 Å². The predicted octanol–water partition coefficient (Wildman–Crippen LogP) is 4.00. The minimum atomic E-state index is -1.04. The van der Waals surface area contributed by atoms with Gasteiger partial charge in [0.2, 0.25) is 0 Å². The van der Waals surface area contributed by atoms with Gasteiger partial charge in [-0.2, -0.15) is 0 Å². The summed E-state index contributed by atoms with van der Waals surface area (Å²) in [7, 11) is 0. The number of benzene rings is 1. The lowest BCUT2D eigenvalue weighted by molar-refractivity contribution is -0.131. The van der Waals surface area contributed by atoms with E-state index in [1.807, 2.05) is 13.0 Å². The first kappa shape index (κ1) is 16.5. The minimum Gasteiger partial charge on any atom is -0.478 e. The lowest BCUT2D eigenvalue weighted by atomic mass is 10.1. The predicted molar refractivity (Wildman–Crippen MR) is 86.0 cm³/mol. The molecule has 23 heavy (non-hydrogen) atoms. The summed E-state index contributed by atoms with van der Waals surface area (Å²) in [6.07, 6.45) is 4.17. The highest BCUT2D eigenvalue weighted by molar-refractivity contribution is 5.90. The number of furan rings is 1. The molecule has 0 spiro atoms. The van der Waals surface area contributed by atoms with Crippen LogP contribution in [-0.2, 0) is 9.53 Å². The number of unbranched alkanes of at least 4 members (excludes halogenated alkanes) is 1. The molecule has 0 fully saturated rings. The Kier molecular flexibility index (Phi) is 5.74. The first-order valence-corrected chi connectivity index (χ1v) is 7.38.